The van der Waals surface area contributed by atoms with Crippen LogP contribution in [-0.4, -0.2) is 27.4 Å². The summed E-state index contributed by atoms with van der Waals surface area (Å²) in [6.07, 6.45) is 6.79. The molecular weight excluding hydrogens is 188 g/mol. The Morgan fingerprint density at radius 2 is 2.40 bits per heavy atom. The van der Waals surface area contributed by atoms with Gasteiger partial charge in [-0.15, -0.1) is 0 Å². The third-order valence-corrected chi connectivity index (χ3v) is 3.03. The highest BCUT2D eigenvalue weighted by atomic mass is 15.3. The maximum atomic E-state index is 4.20. The van der Waals surface area contributed by atoms with Gasteiger partial charge in [0.25, 0.3) is 0 Å². The standard InChI is InChI=1S/C11H20N4/c1-9(7-10-3-4-10)12-6-5-11-13-8-14-15(11)2/h8-10,12H,3-7H2,1-2H3. The molecule has 1 aromatic heterocycles. The van der Waals surface area contributed by atoms with E-state index in [1.807, 2.05) is 11.7 Å². The van der Waals surface area contributed by atoms with Crippen molar-refractivity contribution in [2.75, 3.05) is 6.54 Å². The largest absolute Gasteiger partial charge is 0.314 e. The van der Waals surface area contributed by atoms with Crippen molar-refractivity contribution in [1.82, 2.24) is 20.1 Å². The molecule has 1 saturated carbocycles. The first kappa shape index (κ1) is 10.6. The molecule has 1 N–H and O–H groups in total. The molecule has 84 valence electrons. The first-order valence-electron chi connectivity index (χ1n) is 5.82. The van der Waals surface area contributed by atoms with Crippen LogP contribution in [0.2, 0.25) is 0 Å². The monoisotopic (exact) mass is 208 g/mol. The van der Waals surface area contributed by atoms with Crippen LogP contribution < -0.4 is 5.32 Å². The van der Waals surface area contributed by atoms with Gasteiger partial charge in [-0.05, 0) is 19.3 Å². The molecule has 0 amide bonds. The molecule has 15 heavy (non-hydrogen) atoms. The highest BCUT2D eigenvalue weighted by Gasteiger charge is 2.23. The van der Waals surface area contributed by atoms with E-state index in [0.717, 1.165) is 24.7 Å². The Balaban J connectivity index is 1.63. The minimum absolute atomic E-state index is 0.644. The van der Waals surface area contributed by atoms with Crippen molar-refractivity contribution in [2.24, 2.45) is 13.0 Å². The van der Waals surface area contributed by atoms with E-state index in [4.69, 9.17) is 0 Å². The first-order valence-corrected chi connectivity index (χ1v) is 5.82. The minimum Gasteiger partial charge on any atom is -0.314 e. The zero-order chi connectivity index (χ0) is 10.7. The molecule has 4 heteroatoms. The summed E-state index contributed by atoms with van der Waals surface area (Å²) in [5.41, 5.74) is 0. The van der Waals surface area contributed by atoms with Gasteiger partial charge in [0.05, 0.1) is 0 Å². The van der Waals surface area contributed by atoms with E-state index in [2.05, 4.69) is 22.3 Å². The molecule has 0 aliphatic heterocycles. The van der Waals surface area contributed by atoms with Crippen LogP contribution in [0.1, 0.15) is 32.0 Å². The van der Waals surface area contributed by atoms with E-state index in [0.29, 0.717) is 6.04 Å². The van der Waals surface area contributed by atoms with Gasteiger partial charge >= 0.3 is 0 Å². The van der Waals surface area contributed by atoms with Crippen molar-refractivity contribution < 1.29 is 0 Å². The quantitative estimate of drug-likeness (QED) is 0.762. The molecule has 0 spiro atoms. The second kappa shape index (κ2) is 4.75. The number of hydrogen-bond donors (Lipinski definition) is 1. The van der Waals surface area contributed by atoms with Crippen LogP contribution in [0.15, 0.2) is 6.33 Å². The smallest absolute Gasteiger partial charge is 0.138 e. The summed E-state index contributed by atoms with van der Waals surface area (Å²) in [5.74, 6) is 2.06. The fourth-order valence-electron chi connectivity index (χ4n) is 1.91. The average Bonchev–Trinajstić information content (AvgIpc) is 2.91. The molecule has 0 radical (unpaired) electrons. The third kappa shape index (κ3) is 3.30. The Kier molecular flexibility index (Phi) is 3.36. The molecule has 1 aromatic rings. The van der Waals surface area contributed by atoms with Crippen molar-refractivity contribution in [3.8, 4) is 0 Å². The average molecular weight is 208 g/mol. The Morgan fingerprint density at radius 3 is 3.00 bits per heavy atom. The topological polar surface area (TPSA) is 42.7 Å². The maximum Gasteiger partial charge on any atom is 0.138 e. The van der Waals surface area contributed by atoms with Crippen LogP contribution in [0.5, 0.6) is 0 Å². The number of hydrogen-bond acceptors (Lipinski definition) is 3. The first-order chi connectivity index (χ1) is 7.25. The van der Waals surface area contributed by atoms with Crippen LogP contribution in [0.4, 0.5) is 0 Å². The van der Waals surface area contributed by atoms with Gasteiger partial charge in [0.2, 0.25) is 0 Å². The van der Waals surface area contributed by atoms with Crippen LogP contribution in [0, 0.1) is 5.92 Å². The van der Waals surface area contributed by atoms with E-state index in [9.17, 15) is 0 Å². The van der Waals surface area contributed by atoms with Crippen molar-refractivity contribution in [2.45, 2.75) is 38.6 Å². The fraction of sp³-hybridized carbons (Fsp3) is 0.818. The molecule has 0 saturated heterocycles. The van der Waals surface area contributed by atoms with E-state index in [1.54, 1.807) is 6.33 Å². The van der Waals surface area contributed by atoms with E-state index < -0.39 is 0 Å². The summed E-state index contributed by atoms with van der Waals surface area (Å²) in [4.78, 5) is 4.20. The number of aromatic nitrogens is 3. The van der Waals surface area contributed by atoms with Gasteiger partial charge in [0.1, 0.15) is 12.2 Å². The molecule has 1 aliphatic carbocycles. The number of nitrogens with one attached hydrogen (secondary N) is 1. The summed E-state index contributed by atoms with van der Waals surface area (Å²) >= 11 is 0. The SMILES string of the molecule is CC(CC1CC1)NCCc1ncnn1C. The van der Waals surface area contributed by atoms with E-state index in [-0.39, 0.29) is 0 Å². The normalized spacial score (nSPS) is 18.0. The molecule has 0 aromatic carbocycles. The van der Waals surface area contributed by atoms with Crippen LogP contribution >= 0.6 is 0 Å². The molecule has 1 fully saturated rings. The number of rotatable bonds is 6. The molecule has 2 rings (SSSR count). The van der Waals surface area contributed by atoms with E-state index in [1.165, 1.54) is 19.3 Å². The molecule has 4 nitrogen and oxygen atoms in total. The van der Waals surface area contributed by atoms with Crippen molar-refractivity contribution in [3.63, 3.8) is 0 Å². The van der Waals surface area contributed by atoms with Crippen molar-refractivity contribution >= 4 is 0 Å². The summed E-state index contributed by atoms with van der Waals surface area (Å²) in [6.45, 7) is 3.27. The van der Waals surface area contributed by atoms with E-state index >= 15 is 0 Å². The fourth-order valence-corrected chi connectivity index (χ4v) is 1.91. The Labute approximate surface area is 91.1 Å². The Hall–Kier alpha value is -0.900. The van der Waals surface area contributed by atoms with Gasteiger partial charge in [-0.3, -0.25) is 4.68 Å². The lowest BCUT2D eigenvalue weighted by atomic mass is 10.1. The van der Waals surface area contributed by atoms with Crippen LogP contribution in [-0.2, 0) is 13.5 Å². The Bertz CT molecular complexity index is 303. The highest BCUT2D eigenvalue weighted by molar-refractivity contribution is 4.85. The zero-order valence-electron chi connectivity index (χ0n) is 9.61. The predicted molar refractivity (Wildman–Crippen MR) is 59.5 cm³/mol. The van der Waals surface area contributed by atoms with Gasteiger partial charge in [-0.25, -0.2) is 4.98 Å². The lowest BCUT2D eigenvalue weighted by molar-refractivity contribution is 0.485. The van der Waals surface area contributed by atoms with Gasteiger partial charge in [0, 0.05) is 26.1 Å². The molecule has 1 aliphatic rings. The highest BCUT2D eigenvalue weighted by Crippen LogP contribution is 2.33. The molecular formula is C11H20N4. The predicted octanol–water partition coefficient (Wildman–Crippen LogP) is 1.14. The molecule has 1 atom stereocenters. The van der Waals surface area contributed by atoms with Crippen molar-refractivity contribution in [1.29, 1.82) is 0 Å². The van der Waals surface area contributed by atoms with Crippen LogP contribution in [0.25, 0.3) is 0 Å². The summed E-state index contributed by atoms with van der Waals surface area (Å²) < 4.78 is 1.84. The van der Waals surface area contributed by atoms with Gasteiger partial charge in [-0.2, -0.15) is 5.10 Å². The van der Waals surface area contributed by atoms with Gasteiger partial charge in [-0.1, -0.05) is 12.8 Å². The maximum absolute atomic E-state index is 4.20. The van der Waals surface area contributed by atoms with Crippen LogP contribution in [0.3, 0.4) is 0 Å². The number of nitrogens with zero attached hydrogens (tertiary/aromatic N) is 3. The second-order valence-corrected chi connectivity index (χ2v) is 4.58. The van der Waals surface area contributed by atoms with Gasteiger partial charge < -0.3 is 5.32 Å². The molecule has 0 bridgehead atoms. The lowest BCUT2D eigenvalue weighted by Gasteiger charge is -2.12. The van der Waals surface area contributed by atoms with Gasteiger partial charge in [0.15, 0.2) is 0 Å². The summed E-state index contributed by atoms with van der Waals surface area (Å²) in [6, 6.07) is 0.644. The summed E-state index contributed by atoms with van der Waals surface area (Å²) in [5, 5.41) is 7.59. The molecule has 1 unspecified atom stereocenters. The Morgan fingerprint density at radius 1 is 1.60 bits per heavy atom. The number of aryl methyl sites for hydroxylation is 1. The second-order valence-electron chi connectivity index (χ2n) is 4.58. The zero-order valence-corrected chi connectivity index (χ0v) is 9.61. The third-order valence-electron chi connectivity index (χ3n) is 3.03. The lowest BCUT2D eigenvalue weighted by Crippen LogP contribution is -2.29. The minimum atomic E-state index is 0.644. The molecule has 1 heterocycles. The van der Waals surface area contributed by atoms with Crippen molar-refractivity contribution in [3.05, 3.63) is 12.2 Å². The summed E-state index contributed by atoms with van der Waals surface area (Å²) in [7, 11) is 1.94.